The van der Waals surface area contributed by atoms with Gasteiger partial charge in [0.05, 0.1) is 19.0 Å². The predicted octanol–water partition coefficient (Wildman–Crippen LogP) is 4.04. The summed E-state index contributed by atoms with van der Waals surface area (Å²) in [5, 5.41) is 8.67. The Labute approximate surface area is 162 Å². The van der Waals surface area contributed by atoms with E-state index < -0.39 is 0 Å². The van der Waals surface area contributed by atoms with Crippen molar-refractivity contribution in [2.45, 2.75) is 6.92 Å². The molecular formula is C21H20N4O3. The van der Waals surface area contributed by atoms with Crippen LogP contribution in [0.3, 0.4) is 0 Å². The molecule has 2 amide bonds. The summed E-state index contributed by atoms with van der Waals surface area (Å²) in [4.78, 5) is 27.7. The molecule has 3 rings (SSSR count). The summed E-state index contributed by atoms with van der Waals surface area (Å²) in [6.45, 7) is 1.46. The Morgan fingerprint density at radius 3 is 2.25 bits per heavy atom. The maximum Gasteiger partial charge on any atom is 0.255 e. The van der Waals surface area contributed by atoms with Gasteiger partial charge in [-0.15, -0.1) is 0 Å². The zero-order valence-corrected chi connectivity index (χ0v) is 15.5. The Kier molecular flexibility index (Phi) is 5.86. The fourth-order valence-corrected chi connectivity index (χ4v) is 2.50. The fourth-order valence-electron chi connectivity index (χ4n) is 2.50. The van der Waals surface area contributed by atoms with Crippen LogP contribution in [0, 0.1) is 0 Å². The highest BCUT2D eigenvalue weighted by Crippen LogP contribution is 2.19. The van der Waals surface area contributed by atoms with Gasteiger partial charge in [0, 0.05) is 23.9 Å². The minimum absolute atomic E-state index is 0.117. The number of nitrogens with zero attached hydrogens (tertiary/aromatic N) is 1. The van der Waals surface area contributed by atoms with Gasteiger partial charge in [-0.3, -0.25) is 9.59 Å². The predicted molar refractivity (Wildman–Crippen MR) is 109 cm³/mol. The molecule has 1 aromatic heterocycles. The molecule has 0 aliphatic rings. The third-order valence-corrected chi connectivity index (χ3v) is 3.83. The number of hydrogen-bond donors (Lipinski definition) is 3. The number of nitrogens with one attached hydrogen (secondary N) is 3. The van der Waals surface area contributed by atoms with Crippen LogP contribution < -0.4 is 20.7 Å². The van der Waals surface area contributed by atoms with Crippen molar-refractivity contribution in [2.75, 3.05) is 23.1 Å². The summed E-state index contributed by atoms with van der Waals surface area (Å²) in [6, 6.07) is 17.7. The zero-order valence-electron chi connectivity index (χ0n) is 15.5. The van der Waals surface area contributed by atoms with E-state index in [2.05, 4.69) is 20.9 Å². The summed E-state index contributed by atoms with van der Waals surface area (Å²) in [6.07, 6.45) is 1.58. The van der Waals surface area contributed by atoms with Gasteiger partial charge in [-0.1, -0.05) is 6.07 Å². The molecule has 0 radical (unpaired) electrons. The number of benzene rings is 2. The first-order chi connectivity index (χ1) is 13.5. The largest absolute Gasteiger partial charge is 0.497 e. The van der Waals surface area contributed by atoms with Crippen molar-refractivity contribution >= 4 is 34.7 Å². The molecule has 1 heterocycles. The molecule has 0 saturated carbocycles. The molecule has 3 aromatic rings. The lowest BCUT2D eigenvalue weighted by atomic mass is 10.2. The van der Waals surface area contributed by atoms with E-state index in [0.29, 0.717) is 22.8 Å². The van der Waals surface area contributed by atoms with Gasteiger partial charge in [-0.25, -0.2) is 4.98 Å². The molecule has 0 aliphatic heterocycles. The molecular weight excluding hydrogens is 356 g/mol. The van der Waals surface area contributed by atoms with Crippen molar-refractivity contribution in [3.8, 4) is 5.75 Å². The number of anilines is 4. The molecule has 2 aromatic carbocycles. The second kappa shape index (κ2) is 8.68. The number of ether oxygens (including phenoxy) is 1. The number of aromatic nitrogens is 1. The van der Waals surface area contributed by atoms with Crippen LogP contribution in [0.5, 0.6) is 5.75 Å². The molecule has 0 aliphatic carbocycles. The van der Waals surface area contributed by atoms with Gasteiger partial charge in [0.25, 0.3) is 5.91 Å². The number of amides is 2. The van der Waals surface area contributed by atoms with Gasteiger partial charge < -0.3 is 20.7 Å². The topological polar surface area (TPSA) is 92.4 Å². The monoisotopic (exact) mass is 376 g/mol. The third-order valence-electron chi connectivity index (χ3n) is 3.83. The standard InChI is InChI=1S/C21H20N4O3/c1-14(26)23-16-6-8-17(9-7-16)24-20-11-10-18(13-22-20)25-21(27)15-4-3-5-19(12-15)28-2/h3-13H,1-2H3,(H,22,24)(H,23,26)(H,25,27). The zero-order chi connectivity index (χ0) is 19.9. The van der Waals surface area contributed by atoms with Crippen LogP contribution >= 0.6 is 0 Å². The lowest BCUT2D eigenvalue weighted by Gasteiger charge is -2.09. The first-order valence-electron chi connectivity index (χ1n) is 8.59. The number of carbonyl (C=O) groups excluding carboxylic acids is 2. The Balaban J connectivity index is 1.61. The highest BCUT2D eigenvalue weighted by molar-refractivity contribution is 6.04. The fraction of sp³-hybridized carbons (Fsp3) is 0.0952. The summed E-state index contributed by atoms with van der Waals surface area (Å²) < 4.78 is 5.13. The van der Waals surface area contributed by atoms with Crippen molar-refractivity contribution in [1.82, 2.24) is 4.98 Å². The van der Waals surface area contributed by atoms with E-state index in [0.717, 1.165) is 11.4 Å². The van der Waals surface area contributed by atoms with E-state index in [9.17, 15) is 9.59 Å². The molecule has 142 valence electrons. The van der Waals surface area contributed by atoms with Gasteiger partial charge in [0.2, 0.25) is 5.91 Å². The molecule has 7 nitrogen and oxygen atoms in total. The van der Waals surface area contributed by atoms with E-state index in [1.54, 1.807) is 61.8 Å². The minimum Gasteiger partial charge on any atom is -0.497 e. The quantitative estimate of drug-likeness (QED) is 0.604. The van der Waals surface area contributed by atoms with Gasteiger partial charge >= 0.3 is 0 Å². The summed E-state index contributed by atoms with van der Waals surface area (Å²) >= 11 is 0. The summed E-state index contributed by atoms with van der Waals surface area (Å²) in [5.74, 6) is 0.894. The van der Waals surface area contributed by atoms with Crippen LogP contribution in [0.2, 0.25) is 0 Å². The molecule has 0 atom stereocenters. The summed E-state index contributed by atoms with van der Waals surface area (Å²) in [7, 11) is 1.56. The van der Waals surface area contributed by atoms with E-state index in [-0.39, 0.29) is 11.8 Å². The molecule has 0 spiro atoms. The van der Waals surface area contributed by atoms with Crippen molar-refractivity contribution in [3.63, 3.8) is 0 Å². The van der Waals surface area contributed by atoms with Gasteiger partial charge in [0.15, 0.2) is 0 Å². The number of hydrogen-bond acceptors (Lipinski definition) is 5. The van der Waals surface area contributed by atoms with E-state index in [1.807, 2.05) is 12.1 Å². The number of carbonyl (C=O) groups is 2. The van der Waals surface area contributed by atoms with E-state index in [1.165, 1.54) is 6.92 Å². The third kappa shape index (κ3) is 5.07. The SMILES string of the molecule is COc1cccc(C(=O)Nc2ccc(Nc3ccc(NC(C)=O)cc3)nc2)c1. The van der Waals surface area contributed by atoms with Crippen molar-refractivity contribution in [2.24, 2.45) is 0 Å². The normalized spacial score (nSPS) is 10.1. The van der Waals surface area contributed by atoms with Crippen LogP contribution in [0.15, 0.2) is 66.9 Å². The second-order valence-corrected chi connectivity index (χ2v) is 6.00. The second-order valence-electron chi connectivity index (χ2n) is 6.00. The first-order valence-corrected chi connectivity index (χ1v) is 8.59. The van der Waals surface area contributed by atoms with Gasteiger partial charge in [-0.05, 0) is 54.6 Å². The number of methoxy groups -OCH3 is 1. The Morgan fingerprint density at radius 2 is 1.61 bits per heavy atom. The van der Waals surface area contributed by atoms with Crippen LogP contribution in [0.4, 0.5) is 22.9 Å². The van der Waals surface area contributed by atoms with Crippen LogP contribution in [-0.4, -0.2) is 23.9 Å². The van der Waals surface area contributed by atoms with E-state index in [4.69, 9.17) is 4.74 Å². The maximum atomic E-state index is 12.3. The molecule has 0 bridgehead atoms. The Hall–Kier alpha value is -3.87. The maximum absolute atomic E-state index is 12.3. The Morgan fingerprint density at radius 1 is 0.893 bits per heavy atom. The average molecular weight is 376 g/mol. The van der Waals surface area contributed by atoms with Gasteiger partial charge in [0.1, 0.15) is 11.6 Å². The summed E-state index contributed by atoms with van der Waals surface area (Å²) in [5.41, 5.74) is 2.64. The lowest BCUT2D eigenvalue weighted by molar-refractivity contribution is -0.114. The highest BCUT2D eigenvalue weighted by Gasteiger charge is 2.07. The Bertz CT molecular complexity index is 970. The van der Waals surface area contributed by atoms with E-state index >= 15 is 0 Å². The van der Waals surface area contributed by atoms with Gasteiger partial charge in [-0.2, -0.15) is 0 Å². The first kappa shape index (κ1) is 18.9. The average Bonchev–Trinajstić information content (AvgIpc) is 2.70. The molecule has 28 heavy (non-hydrogen) atoms. The molecule has 0 unspecified atom stereocenters. The minimum atomic E-state index is -0.241. The van der Waals surface area contributed by atoms with Crippen LogP contribution in [0.1, 0.15) is 17.3 Å². The van der Waals surface area contributed by atoms with Crippen molar-refractivity contribution in [1.29, 1.82) is 0 Å². The van der Waals surface area contributed by atoms with Crippen molar-refractivity contribution < 1.29 is 14.3 Å². The smallest absolute Gasteiger partial charge is 0.255 e. The highest BCUT2D eigenvalue weighted by atomic mass is 16.5. The van der Waals surface area contributed by atoms with Crippen LogP contribution in [-0.2, 0) is 4.79 Å². The molecule has 0 saturated heterocycles. The number of pyridine rings is 1. The molecule has 7 heteroatoms. The molecule has 0 fully saturated rings. The van der Waals surface area contributed by atoms with Crippen molar-refractivity contribution in [3.05, 3.63) is 72.4 Å². The molecule has 3 N–H and O–H groups in total. The van der Waals surface area contributed by atoms with Crippen LogP contribution in [0.25, 0.3) is 0 Å². The number of rotatable bonds is 6. The lowest BCUT2D eigenvalue weighted by Crippen LogP contribution is -2.12.